The summed E-state index contributed by atoms with van der Waals surface area (Å²) in [5.41, 5.74) is 6.57. The average Bonchev–Trinajstić information content (AvgIpc) is 2.78. The number of nitrogens with two attached hydrogens (primary N) is 1. The lowest BCUT2D eigenvalue weighted by Crippen LogP contribution is -2.31. The van der Waals surface area contributed by atoms with Crippen molar-refractivity contribution in [1.82, 2.24) is 9.88 Å². The normalized spacial score (nSPS) is 20.8. The first-order chi connectivity index (χ1) is 7.70. The molecule has 16 heavy (non-hydrogen) atoms. The number of rotatable bonds is 3. The van der Waals surface area contributed by atoms with Gasteiger partial charge in [0.05, 0.1) is 5.69 Å². The fraction of sp³-hybridized carbons (Fsp3) is 0.583. The minimum Gasteiger partial charge on any atom is -0.355 e. The van der Waals surface area contributed by atoms with Crippen molar-refractivity contribution in [2.24, 2.45) is 5.73 Å². The Kier molecular flexibility index (Phi) is 3.41. The van der Waals surface area contributed by atoms with Gasteiger partial charge in [0, 0.05) is 25.7 Å². The van der Waals surface area contributed by atoms with Crippen molar-refractivity contribution in [2.45, 2.75) is 19.0 Å². The van der Waals surface area contributed by atoms with E-state index in [1.807, 2.05) is 12.1 Å². The molecule has 1 unspecified atom stereocenters. The number of hydrogen-bond acceptors (Lipinski definition) is 4. The molecule has 1 atom stereocenters. The second kappa shape index (κ2) is 4.80. The molecule has 1 aliphatic heterocycles. The number of nitrogens with zero attached hydrogens (tertiary/aromatic N) is 3. The molecule has 1 aliphatic rings. The summed E-state index contributed by atoms with van der Waals surface area (Å²) in [6, 6.07) is 6.72. The summed E-state index contributed by atoms with van der Waals surface area (Å²) in [6.45, 7) is 2.66. The Labute approximate surface area is 97.1 Å². The summed E-state index contributed by atoms with van der Waals surface area (Å²) >= 11 is 0. The topological polar surface area (TPSA) is 45.4 Å². The van der Waals surface area contributed by atoms with Gasteiger partial charge in [-0.25, -0.2) is 4.98 Å². The molecule has 4 nitrogen and oxygen atoms in total. The Morgan fingerprint density at radius 2 is 2.31 bits per heavy atom. The molecular formula is C12H20N4. The average molecular weight is 220 g/mol. The molecule has 1 aromatic heterocycles. The smallest absolute Gasteiger partial charge is 0.128 e. The van der Waals surface area contributed by atoms with Gasteiger partial charge in [0.25, 0.3) is 0 Å². The molecule has 0 radical (unpaired) electrons. The molecule has 1 aromatic rings. The predicted octanol–water partition coefficient (Wildman–Crippen LogP) is 0.681. The second-order valence-electron chi connectivity index (χ2n) is 4.54. The lowest BCUT2D eigenvalue weighted by Gasteiger charge is -2.21. The van der Waals surface area contributed by atoms with Gasteiger partial charge in [-0.05, 0) is 32.6 Å². The summed E-state index contributed by atoms with van der Waals surface area (Å²) in [4.78, 5) is 9.17. The highest BCUT2D eigenvalue weighted by Crippen LogP contribution is 2.20. The fourth-order valence-electron chi connectivity index (χ4n) is 2.13. The molecule has 4 heteroatoms. The molecule has 0 bridgehead atoms. The van der Waals surface area contributed by atoms with Crippen LogP contribution in [-0.2, 0) is 6.54 Å². The van der Waals surface area contributed by atoms with Gasteiger partial charge < -0.3 is 15.5 Å². The Bertz CT molecular complexity index is 351. The maximum atomic E-state index is 5.60. The third-order valence-electron chi connectivity index (χ3n) is 3.22. The monoisotopic (exact) mass is 220 g/mol. The van der Waals surface area contributed by atoms with Crippen LogP contribution >= 0.6 is 0 Å². The van der Waals surface area contributed by atoms with E-state index >= 15 is 0 Å². The molecule has 2 rings (SSSR count). The van der Waals surface area contributed by atoms with Gasteiger partial charge in [0.15, 0.2) is 0 Å². The molecule has 0 spiro atoms. The Morgan fingerprint density at radius 1 is 1.50 bits per heavy atom. The standard InChI is InChI=1S/C12H20N4/c1-15(2)11-6-7-16(9-11)12-5-3-4-10(8-13)14-12/h3-5,11H,6-9,13H2,1-2H3. The largest absolute Gasteiger partial charge is 0.355 e. The number of pyridine rings is 1. The number of aromatic nitrogens is 1. The van der Waals surface area contributed by atoms with E-state index in [0.29, 0.717) is 12.6 Å². The number of hydrogen-bond donors (Lipinski definition) is 1. The van der Waals surface area contributed by atoms with Crippen molar-refractivity contribution in [3.8, 4) is 0 Å². The van der Waals surface area contributed by atoms with E-state index in [9.17, 15) is 0 Å². The highest BCUT2D eigenvalue weighted by atomic mass is 15.3. The molecule has 2 heterocycles. The van der Waals surface area contributed by atoms with Gasteiger partial charge in [-0.2, -0.15) is 0 Å². The van der Waals surface area contributed by atoms with E-state index in [2.05, 4.69) is 34.9 Å². The molecule has 88 valence electrons. The molecule has 1 fully saturated rings. The van der Waals surface area contributed by atoms with Crippen LogP contribution in [0.2, 0.25) is 0 Å². The highest BCUT2D eigenvalue weighted by Gasteiger charge is 2.24. The first-order valence-electron chi connectivity index (χ1n) is 5.78. The lowest BCUT2D eigenvalue weighted by atomic mass is 10.2. The zero-order valence-electron chi connectivity index (χ0n) is 10.1. The SMILES string of the molecule is CN(C)C1CCN(c2cccc(CN)n2)C1. The summed E-state index contributed by atoms with van der Waals surface area (Å²) in [5.74, 6) is 1.06. The molecule has 0 aliphatic carbocycles. The molecule has 1 saturated heterocycles. The van der Waals surface area contributed by atoms with Crippen LogP contribution in [-0.4, -0.2) is 43.1 Å². The molecule has 0 amide bonds. The third-order valence-corrected chi connectivity index (χ3v) is 3.22. The van der Waals surface area contributed by atoms with Crippen molar-refractivity contribution in [1.29, 1.82) is 0 Å². The van der Waals surface area contributed by atoms with Crippen molar-refractivity contribution in [3.05, 3.63) is 23.9 Å². The first kappa shape index (κ1) is 11.4. The van der Waals surface area contributed by atoms with E-state index in [0.717, 1.165) is 24.6 Å². The summed E-state index contributed by atoms with van der Waals surface area (Å²) in [7, 11) is 4.27. The maximum Gasteiger partial charge on any atom is 0.128 e. The van der Waals surface area contributed by atoms with E-state index in [4.69, 9.17) is 5.73 Å². The van der Waals surface area contributed by atoms with E-state index in [1.54, 1.807) is 0 Å². The number of anilines is 1. The molecule has 0 saturated carbocycles. The summed E-state index contributed by atoms with van der Waals surface area (Å²) in [5, 5.41) is 0. The molecular weight excluding hydrogens is 200 g/mol. The van der Waals surface area contributed by atoms with E-state index in [1.165, 1.54) is 6.42 Å². The van der Waals surface area contributed by atoms with Crippen molar-refractivity contribution in [2.75, 3.05) is 32.1 Å². The van der Waals surface area contributed by atoms with Crippen LogP contribution in [0, 0.1) is 0 Å². The predicted molar refractivity (Wildman–Crippen MR) is 66.4 cm³/mol. The van der Waals surface area contributed by atoms with Crippen molar-refractivity contribution in [3.63, 3.8) is 0 Å². The lowest BCUT2D eigenvalue weighted by molar-refractivity contribution is 0.315. The third kappa shape index (κ3) is 2.33. The van der Waals surface area contributed by atoms with Gasteiger partial charge in [-0.3, -0.25) is 0 Å². The zero-order valence-corrected chi connectivity index (χ0v) is 10.1. The van der Waals surface area contributed by atoms with Crippen LogP contribution in [0.15, 0.2) is 18.2 Å². The maximum absolute atomic E-state index is 5.60. The van der Waals surface area contributed by atoms with E-state index < -0.39 is 0 Å². The van der Waals surface area contributed by atoms with Crippen LogP contribution in [0.25, 0.3) is 0 Å². The van der Waals surface area contributed by atoms with Gasteiger partial charge >= 0.3 is 0 Å². The zero-order chi connectivity index (χ0) is 11.5. The fourth-order valence-corrected chi connectivity index (χ4v) is 2.13. The highest BCUT2D eigenvalue weighted by molar-refractivity contribution is 5.40. The summed E-state index contributed by atoms with van der Waals surface area (Å²) < 4.78 is 0. The molecule has 0 aromatic carbocycles. The van der Waals surface area contributed by atoms with Crippen molar-refractivity contribution >= 4 is 5.82 Å². The van der Waals surface area contributed by atoms with Crippen LogP contribution in [0.4, 0.5) is 5.82 Å². The van der Waals surface area contributed by atoms with Crippen molar-refractivity contribution < 1.29 is 0 Å². The van der Waals surface area contributed by atoms with Gasteiger partial charge in [-0.1, -0.05) is 6.07 Å². The van der Waals surface area contributed by atoms with Gasteiger partial charge in [-0.15, -0.1) is 0 Å². The summed E-state index contributed by atoms with van der Waals surface area (Å²) in [6.07, 6.45) is 1.21. The van der Waals surface area contributed by atoms with Crippen LogP contribution in [0.3, 0.4) is 0 Å². The van der Waals surface area contributed by atoms with Gasteiger partial charge in [0.1, 0.15) is 5.82 Å². The van der Waals surface area contributed by atoms with E-state index in [-0.39, 0.29) is 0 Å². The number of likely N-dealkylation sites (N-methyl/N-ethyl adjacent to an activating group) is 1. The second-order valence-corrected chi connectivity index (χ2v) is 4.54. The van der Waals surface area contributed by atoms with Crippen LogP contribution < -0.4 is 10.6 Å². The quantitative estimate of drug-likeness (QED) is 0.813. The molecule has 2 N–H and O–H groups in total. The Hall–Kier alpha value is -1.13. The van der Waals surface area contributed by atoms with Gasteiger partial charge in [0.2, 0.25) is 0 Å². The first-order valence-corrected chi connectivity index (χ1v) is 5.78. The minimum atomic E-state index is 0.513. The minimum absolute atomic E-state index is 0.513. The Morgan fingerprint density at radius 3 is 2.94 bits per heavy atom. The van der Waals surface area contributed by atoms with Crippen LogP contribution in [0.5, 0.6) is 0 Å². The Balaban J connectivity index is 2.08. The van der Waals surface area contributed by atoms with Crippen LogP contribution in [0.1, 0.15) is 12.1 Å².